The van der Waals surface area contributed by atoms with Crippen LogP contribution in [0.15, 0.2) is 18.5 Å². The lowest BCUT2D eigenvalue weighted by molar-refractivity contribution is 0.0789. The van der Waals surface area contributed by atoms with Gasteiger partial charge in [-0.3, -0.25) is 9.78 Å². The highest BCUT2D eigenvalue weighted by atomic mass is 16.2. The van der Waals surface area contributed by atoms with Crippen LogP contribution in [0.1, 0.15) is 23.2 Å². The van der Waals surface area contributed by atoms with Crippen LogP contribution in [0.3, 0.4) is 0 Å². The Hall–Kier alpha value is -1.58. The summed E-state index contributed by atoms with van der Waals surface area (Å²) in [5, 5.41) is 2.99. The summed E-state index contributed by atoms with van der Waals surface area (Å²) in [4.78, 5) is 17.9. The third kappa shape index (κ3) is 2.32. The van der Waals surface area contributed by atoms with E-state index < -0.39 is 0 Å². The van der Waals surface area contributed by atoms with Gasteiger partial charge in [-0.25, -0.2) is 0 Å². The molecule has 0 saturated heterocycles. The van der Waals surface area contributed by atoms with Gasteiger partial charge < -0.3 is 10.2 Å². The first-order valence-electron chi connectivity index (χ1n) is 5.59. The highest BCUT2D eigenvalue weighted by Gasteiger charge is 2.25. The number of hydrogen-bond donors (Lipinski definition) is 1. The quantitative estimate of drug-likeness (QED) is 0.836. The van der Waals surface area contributed by atoms with Crippen molar-refractivity contribution in [1.29, 1.82) is 0 Å². The molecule has 0 aliphatic heterocycles. The summed E-state index contributed by atoms with van der Waals surface area (Å²) < 4.78 is 0. The van der Waals surface area contributed by atoms with Crippen molar-refractivity contribution >= 4 is 11.6 Å². The van der Waals surface area contributed by atoms with Crippen molar-refractivity contribution in [2.45, 2.75) is 12.8 Å². The Morgan fingerprint density at radius 1 is 1.62 bits per heavy atom. The second-order valence-corrected chi connectivity index (χ2v) is 4.30. The molecule has 4 heteroatoms. The minimum atomic E-state index is 0.0682. The van der Waals surface area contributed by atoms with E-state index in [4.69, 9.17) is 0 Å². The molecule has 1 amide bonds. The summed E-state index contributed by atoms with van der Waals surface area (Å²) >= 11 is 0. The van der Waals surface area contributed by atoms with Crippen molar-refractivity contribution in [3.8, 4) is 0 Å². The van der Waals surface area contributed by atoms with Gasteiger partial charge in [-0.2, -0.15) is 0 Å². The third-order valence-electron chi connectivity index (χ3n) is 2.90. The highest BCUT2D eigenvalue weighted by molar-refractivity contribution is 5.99. The Balaban J connectivity index is 2.11. The van der Waals surface area contributed by atoms with Gasteiger partial charge in [0.1, 0.15) is 0 Å². The molecule has 2 rings (SSSR count). The van der Waals surface area contributed by atoms with Gasteiger partial charge in [0.25, 0.3) is 5.91 Å². The summed E-state index contributed by atoms with van der Waals surface area (Å²) in [6.07, 6.45) is 5.84. The molecule has 16 heavy (non-hydrogen) atoms. The number of amides is 1. The summed E-state index contributed by atoms with van der Waals surface area (Å²) in [5.74, 6) is 0.785. The van der Waals surface area contributed by atoms with Gasteiger partial charge in [0.05, 0.1) is 17.4 Å². The van der Waals surface area contributed by atoms with Crippen LogP contribution < -0.4 is 5.32 Å². The lowest BCUT2D eigenvalue weighted by Gasteiger charge is -2.18. The molecular formula is C12H17N3O. The van der Waals surface area contributed by atoms with E-state index in [0.717, 1.165) is 12.2 Å². The van der Waals surface area contributed by atoms with E-state index in [9.17, 15) is 4.79 Å². The maximum Gasteiger partial charge on any atom is 0.255 e. The number of nitrogens with zero attached hydrogens (tertiary/aromatic N) is 2. The molecule has 1 heterocycles. The Morgan fingerprint density at radius 3 is 3.00 bits per heavy atom. The van der Waals surface area contributed by atoms with Crippen molar-refractivity contribution in [2.24, 2.45) is 5.92 Å². The first kappa shape index (κ1) is 10.9. The molecule has 0 radical (unpaired) electrons. The lowest BCUT2D eigenvalue weighted by atomic mass is 10.2. The number of carbonyl (C=O) groups is 1. The van der Waals surface area contributed by atoms with Crippen LogP contribution in [-0.4, -0.2) is 36.4 Å². The highest BCUT2D eigenvalue weighted by Crippen LogP contribution is 2.30. The normalized spacial score (nSPS) is 14.6. The lowest BCUT2D eigenvalue weighted by Crippen LogP contribution is -2.29. The molecule has 1 saturated carbocycles. The van der Waals surface area contributed by atoms with E-state index in [1.807, 2.05) is 7.05 Å². The zero-order valence-electron chi connectivity index (χ0n) is 9.73. The molecule has 0 spiro atoms. The molecule has 86 valence electrons. The maximum absolute atomic E-state index is 12.1. The summed E-state index contributed by atoms with van der Waals surface area (Å²) in [6.45, 7) is 0.865. The topological polar surface area (TPSA) is 45.2 Å². The van der Waals surface area contributed by atoms with Gasteiger partial charge >= 0.3 is 0 Å². The van der Waals surface area contributed by atoms with Crippen LogP contribution >= 0.6 is 0 Å². The van der Waals surface area contributed by atoms with E-state index in [2.05, 4.69) is 10.3 Å². The Morgan fingerprint density at radius 2 is 2.38 bits per heavy atom. The average molecular weight is 219 g/mol. The first-order chi connectivity index (χ1) is 7.72. The second kappa shape index (κ2) is 4.51. The van der Waals surface area contributed by atoms with Gasteiger partial charge in [-0.05, 0) is 24.8 Å². The Bertz CT molecular complexity index is 388. The largest absolute Gasteiger partial charge is 0.386 e. The van der Waals surface area contributed by atoms with Crippen molar-refractivity contribution in [1.82, 2.24) is 9.88 Å². The fourth-order valence-corrected chi connectivity index (χ4v) is 1.76. The second-order valence-electron chi connectivity index (χ2n) is 4.30. The molecule has 1 aliphatic rings. The zero-order valence-corrected chi connectivity index (χ0v) is 9.73. The molecule has 1 aromatic heterocycles. The number of pyridine rings is 1. The molecule has 4 nitrogen and oxygen atoms in total. The van der Waals surface area contributed by atoms with Gasteiger partial charge in [-0.1, -0.05) is 0 Å². The van der Waals surface area contributed by atoms with Crippen LogP contribution in [0.25, 0.3) is 0 Å². The SMILES string of the molecule is CNc1cnccc1C(=O)N(C)CC1CC1. The number of hydrogen-bond acceptors (Lipinski definition) is 3. The first-order valence-corrected chi connectivity index (χ1v) is 5.59. The standard InChI is InChI=1S/C12H17N3O/c1-13-11-7-14-6-5-10(11)12(16)15(2)8-9-3-4-9/h5-7,9,13H,3-4,8H2,1-2H3. The summed E-state index contributed by atoms with van der Waals surface area (Å²) in [7, 11) is 3.66. The minimum Gasteiger partial charge on any atom is -0.386 e. The predicted octanol–water partition coefficient (Wildman–Crippen LogP) is 1.61. The molecule has 1 aliphatic carbocycles. The van der Waals surface area contributed by atoms with E-state index in [1.165, 1.54) is 12.8 Å². The van der Waals surface area contributed by atoms with Gasteiger partial charge in [-0.15, -0.1) is 0 Å². The van der Waals surface area contributed by atoms with Crippen molar-refractivity contribution in [2.75, 3.05) is 26.0 Å². The molecule has 0 bridgehead atoms. The van der Waals surface area contributed by atoms with Crippen LogP contribution in [0.5, 0.6) is 0 Å². The van der Waals surface area contributed by atoms with Gasteiger partial charge in [0, 0.05) is 26.8 Å². The van der Waals surface area contributed by atoms with E-state index >= 15 is 0 Å². The molecular weight excluding hydrogens is 202 g/mol. The summed E-state index contributed by atoms with van der Waals surface area (Å²) in [6, 6.07) is 1.76. The van der Waals surface area contributed by atoms with E-state index in [1.54, 1.807) is 30.4 Å². The van der Waals surface area contributed by atoms with E-state index in [0.29, 0.717) is 11.5 Å². The summed E-state index contributed by atoms with van der Waals surface area (Å²) in [5.41, 5.74) is 1.48. The Labute approximate surface area is 95.7 Å². The van der Waals surface area contributed by atoms with Crippen molar-refractivity contribution < 1.29 is 4.79 Å². The number of rotatable bonds is 4. The fourth-order valence-electron chi connectivity index (χ4n) is 1.76. The average Bonchev–Trinajstić information content (AvgIpc) is 3.11. The number of carbonyl (C=O) groups excluding carboxylic acids is 1. The number of aromatic nitrogens is 1. The zero-order chi connectivity index (χ0) is 11.5. The van der Waals surface area contributed by atoms with Crippen LogP contribution in [0, 0.1) is 5.92 Å². The molecule has 1 fully saturated rings. The molecule has 0 aromatic carbocycles. The molecule has 1 aromatic rings. The van der Waals surface area contributed by atoms with Crippen molar-refractivity contribution in [3.63, 3.8) is 0 Å². The number of anilines is 1. The van der Waals surface area contributed by atoms with Crippen molar-refractivity contribution in [3.05, 3.63) is 24.0 Å². The third-order valence-corrected chi connectivity index (χ3v) is 2.90. The molecule has 0 unspecified atom stereocenters. The van der Waals surface area contributed by atoms with Crippen LogP contribution in [0.4, 0.5) is 5.69 Å². The molecule has 0 atom stereocenters. The smallest absolute Gasteiger partial charge is 0.255 e. The van der Waals surface area contributed by atoms with Crippen LogP contribution in [-0.2, 0) is 0 Å². The fraction of sp³-hybridized carbons (Fsp3) is 0.500. The number of nitrogens with one attached hydrogen (secondary N) is 1. The monoisotopic (exact) mass is 219 g/mol. The minimum absolute atomic E-state index is 0.0682. The van der Waals surface area contributed by atoms with E-state index in [-0.39, 0.29) is 5.91 Å². The van der Waals surface area contributed by atoms with Gasteiger partial charge in [0.15, 0.2) is 0 Å². The maximum atomic E-state index is 12.1. The van der Waals surface area contributed by atoms with Crippen LogP contribution in [0.2, 0.25) is 0 Å². The predicted molar refractivity (Wildman–Crippen MR) is 63.5 cm³/mol. The molecule has 1 N–H and O–H groups in total. The van der Waals surface area contributed by atoms with Gasteiger partial charge in [0.2, 0.25) is 0 Å². The Kier molecular flexibility index (Phi) is 3.08.